The normalized spacial score (nSPS) is 12.3. The molecular weight excluding hydrogens is 451 g/mol. The van der Waals surface area contributed by atoms with Gasteiger partial charge < -0.3 is 5.32 Å². The van der Waals surface area contributed by atoms with Crippen molar-refractivity contribution < 1.29 is 9.18 Å². The maximum atomic E-state index is 13.1. The van der Waals surface area contributed by atoms with Gasteiger partial charge >= 0.3 is 0 Å². The molecule has 1 atom stereocenters. The molecule has 134 valence electrons. The van der Waals surface area contributed by atoms with Gasteiger partial charge in [0.25, 0.3) is 0 Å². The first-order valence-corrected chi connectivity index (χ1v) is 9.65. The summed E-state index contributed by atoms with van der Waals surface area (Å²) in [5, 5.41) is 2.95. The fraction of sp³-hybridized carbons (Fsp3) is 0.316. The number of rotatable bonds is 6. The Kier molecular flexibility index (Phi) is 7.16. The predicted molar refractivity (Wildman–Crippen MR) is 107 cm³/mol. The molecule has 0 bridgehead atoms. The Morgan fingerprint density at radius 1 is 1.20 bits per heavy atom. The van der Waals surface area contributed by atoms with Crippen LogP contribution in [0.3, 0.4) is 0 Å². The van der Waals surface area contributed by atoms with Crippen molar-refractivity contribution in [1.29, 1.82) is 0 Å². The fourth-order valence-corrected chi connectivity index (χ4v) is 4.27. The van der Waals surface area contributed by atoms with Crippen molar-refractivity contribution in [3.63, 3.8) is 0 Å². The number of carbonyl (C=O) groups is 1. The molecule has 0 heterocycles. The van der Waals surface area contributed by atoms with Gasteiger partial charge in [0.15, 0.2) is 0 Å². The Labute approximate surface area is 164 Å². The molecule has 1 N–H and O–H groups in total. The Balaban J connectivity index is 2.08. The summed E-state index contributed by atoms with van der Waals surface area (Å²) in [5.74, 6) is -0.355. The van der Waals surface area contributed by atoms with E-state index in [-0.39, 0.29) is 24.3 Å². The summed E-state index contributed by atoms with van der Waals surface area (Å²) in [6, 6.07) is 10.3. The number of hydrogen-bond acceptors (Lipinski definition) is 2. The van der Waals surface area contributed by atoms with Gasteiger partial charge in [0.05, 0.1) is 12.2 Å². The second-order valence-electron chi connectivity index (χ2n) is 5.94. The molecule has 25 heavy (non-hydrogen) atoms. The van der Waals surface area contributed by atoms with Crippen LogP contribution in [0, 0.1) is 12.7 Å². The molecule has 0 fully saturated rings. The molecule has 2 aromatic rings. The molecule has 0 aromatic heterocycles. The highest BCUT2D eigenvalue weighted by atomic mass is 79.9. The van der Waals surface area contributed by atoms with Gasteiger partial charge in [0.2, 0.25) is 5.91 Å². The molecule has 0 aliphatic carbocycles. The lowest BCUT2D eigenvalue weighted by molar-refractivity contribution is -0.117. The minimum Gasteiger partial charge on any atom is -0.323 e. The van der Waals surface area contributed by atoms with Crippen molar-refractivity contribution in [3.8, 4) is 0 Å². The van der Waals surface area contributed by atoms with Crippen molar-refractivity contribution in [2.24, 2.45) is 0 Å². The molecule has 0 aliphatic heterocycles. The quantitative estimate of drug-likeness (QED) is 0.587. The first-order valence-electron chi connectivity index (χ1n) is 8.06. The van der Waals surface area contributed by atoms with Gasteiger partial charge in [-0.1, -0.05) is 19.1 Å². The van der Waals surface area contributed by atoms with Gasteiger partial charge in [-0.3, -0.25) is 9.69 Å². The molecule has 1 amide bonds. The van der Waals surface area contributed by atoms with Crippen LogP contribution in [-0.2, 0) is 4.79 Å². The molecule has 0 spiro atoms. The van der Waals surface area contributed by atoms with Crippen molar-refractivity contribution in [1.82, 2.24) is 4.90 Å². The Morgan fingerprint density at radius 3 is 2.28 bits per heavy atom. The highest BCUT2D eigenvalue weighted by Gasteiger charge is 2.18. The van der Waals surface area contributed by atoms with Crippen LogP contribution in [0.25, 0.3) is 0 Å². The molecular formula is C19H21Br2FN2O. The number of hydrogen-bond donors (Lipinski definition) is 1. The second-order valence-corrected chi connectivity index (χ2v) is 7.65. The largest absolute Gasteiger partial charge is 0.323 e. The van der Waals surface area contributed by atoms with Crippen LogP contribution in [0.4, 0.5) is 10.1 Å². The number of carbonyl (C=O) groups excluding carboxylic acids is 1. The van der Waals surface area contributed by atoms with Gasteiger partial charge in [-0.15, -0.1) is 0 Å². The molecule has 0 saturated carbocycles. The number of nitrogens with zero attached hydrogens (tertiary/aromatic N) is 1. The number of nitrogens with one attached hydrogen (secondary N) is 1. The molecule has 2 rings (SSSR count). The molecule has 1 unspecified atom stereocenters. The molecule has 0 saturated heterocycles. The third-order valence-electron chi connectivity index (χ3n) is 4.10. The van der Waals surface area contributed by atoms with Crippen LogP contribution in [0.15, 0.2) is 45.3 Å². The first kappa shape index (κ1) is 20.1. The second kappa shape index (κ2) is 8.92. The minimum atomic E-state index is -0.259. The molecule has 2 aromatic carbocycles. The maximum Gasteiger partial charge on any atom is 0.238 e. The zero-order valence-electron chi connectivity index (χ0n) is 14.4. The standard InChI is InChI=1S/C19H21Br2FN2O/c1-4-24(13(3)14-5-7-15(22)8-6-14)11-18(25)23-19-16(20)9-12(2)10-17(19)21/h5-10,13H,4,11H2,1-3H3,(H,23,25). The minimum absolute atomic E-state index is 0.0150. The smallest absolute Gasteiger partial charge is 0.238 e. The van der Waals surface area contributed by atoms with Crippen LogP contribution < -0.4 is 5.32 Å². The number of amides is 1. The highest BCUT2D eigenvalue weighted by Crippen LogP contribution is 2.32. The van der Waals surface area contributed by atoms with Crippen molar-refractivity contribution >= 4 is 43.5 Å². The van der Waals surface area contributed by atoms with Gasteiger partial charge in [-0.2, -0.15) is 0 Å². The number of likely N-dealkylation sites (N-methyl/N-ethyl adjacent to an activating group) is 1. The summed E-state index contributed by atoms with van der Waals surface area (Å²) in [7, 11) is 0. The summed E-state index contributed by atoms with van der Waals surface area (Å²) in [6.45, 7) is 6.97. The molecule has 0 aliphatic rings. The van der Waals surface area contributed by atoms with Crippen LogP contribution in [0.1, 0.15) is 31.0 Å². The summed E-state index contributed by atoms with van der Waals surface area (Å²) in [5.41, 5.74) is 2.80. The maximum absolute atomic E-state index is 13.1. The number of aryl methyl sites for hydroxylation is 1. The summed E-state index contributed by atoms with van der Waals surface area (Å²) < 4.78 is 14.8. The Bertz CT molecular complexity index is 727. The van der Waals surface area contributed by atoms with Crippen LogP contribution in [0.2, 0.25) is 0 Å². The van der Waals surface area contributed by atoms with E-state index in [1.807, 2.05) is 37.8 Å². The SMILES string of the molecule is CCN(CC(=O)Nc1c(Br)cc(C)cc1Br)C(C)c1ccc(F)cc1. The number of benzene rings is 2. The lowest BCUT2D eigenvalue weighted by Crippen LogP contribution is -2.35. The zero-order chi connectivity index (χ0) is 18.6. The van der Waals surface area contributed by atoms with E-state index >= 15 is 0 Å². The monoisotopic (exact) mass is 470 g/mol. The van der Waals surface area contributed by atoms with E-state index in [1.54, 1.807) is 12.1 Å². The lowest BCUT2D eigenvalue weighted by atomic mass is 10.1. The summed E-state index contributed by atoms with van der Waals surface area (Å²) >= 11 is 6.98. The van der Waals surface area contributed by atoms with E-state index in [2.05, 4.69) is 37.2 Å². The topological polar surface area (TPSA) is 32.3 Å². The van der Waals surface area contributed by atoms with E-state index in [0.717, 1.165) is 25.8 Å². The summed E-state index contributed by atoms with van der Waals surface area (Å²) in [6.07, 6.45) is 0. The molecule has 6 heteroatoms. The molecule has 3 nitrogen and oxygen atoms in total. The van der Waals surface area contributed by atoms with E-state index < -0.39 is 0 Å². The van der Waals surface area contributed by atoms with Crippen molar-refractivity contribution in [3.05, 3.63) is 62.3 Å². The average Bonchev–Trinajstić information content (AvgIpc) is 2.56. The van der Waals surface area contributed by atoms with Gasteiger partial charge in [0.1, 0.15) is 5.82 Å². The zero-order valence-corrected chi connectivity index (χ0v) is 17.6. The third kappa shape index (κ3) is 5.36. The van der Waals surface area contributed by atoms with Gasteiger partial charge in [0, 0.05) is 15.0 Å². The van der Waals surface area contributed by atoms with Crippen molar-refractivity contribution in [2.75, 3.05) is 18.4 Å². The summed E-state index contributed by atoms with van der Waals surface area (Å²) in [4.78, 5) is 14.5. The van der Waals surface area contributed by atoms with Crippen LogP contribution >= 0.6 is 31.9 Å². The fourth-order valence-electron chi connectivity index (χ4n) is 2.66. The van der Waals surface area contributed by atoms with Crippen molar-refractivity contribution in [2.45, 2.75) is 26.8 Å². The third-order valence-corrected chi connectivity index (χ3v) is 5.35. The van der Waals surface area contributed by atoms with Crippen LogP contribution in [-0.4, -0.2) is 23.9 Å². The van der Waals surface area contributed by atoms with E-state index in [4.69, 9.17) is 0 Å². The molecule has 0 radical (unpaired) electrons. The highest BCUT2D eigenvalue weighted by molar-refractivity contribution is 9.11. The predicted octanol–water partition coefficient (Wildman–Crippen LogP) is 5.68. The number of anilines is 1. The van der Waals surface area contributed by atoms with E-state index in [0.29, 0.717) is 6.54 Å². The number of halogens is 3. The Morgan fingerprint density at radius 2 is 1.76 bits per heavy atom. The average molecular weight is 472 g/mol. The van der Waals surface area contributed by atoms with Crippen LogP contribution in [0.5, 0.6) is 0 Å². The van der Waals surface area contributed by atoms with Gasteiger partial charge in [-0.25, -0.2) is 4.39 Å². The Hall–Kier alpha value is -1.24. The van der Waals surface area contributed by atoms with Gasteiger partial charge in [-0.05, 0) is 87.6 Å². The van der Waals surface area contributed by atoms with E-state index in [9.17, 15) is 9.18 Å². The first-order chi connectivity index (χ1) is 11.8. The lowest BCUT2D eigenvalue weighted by Gasteiger charge is -2.27. The van der Waals surface area contributed by atoms with E-state index in [1.165, 1.54) is 12.1 Å².